The van der Waals surface area contributed by atoms with E-state index in [0.29, 0.717) is 11.1 Å². The lowest BCUT2D eigenvalue weighted by Gasteiger charge is -2.25. The fourth-order valence-electron chi connectivity index (χ4n) is 2.24. The molecule has 3 nitrogen and oxygen atoms in total. The van der Waals surface area contributed by atoms with Crippen molar-refractivity contribution in [1.82, 2.24) is 4.98 Å². The summed E-state index contributed by atoms with van der Waals surface area (Å²) in [7, 11) is 0. The van der Waals surface area contributed by atoms with Gasteiger partial charge in [0, 0.05) is 24.5 Å². The number of nitrogens with two attached hydrogens (primary N) is 1. The third kappa shape index (κ3) is 2.91. The van der Waals surface area contributed by atoms with Crippen LogP contribution in [0.15, 0.2) is 41.0 Å². The molecule has 0 bridgehead atoms. The molecule has 0 amide bonds. The minimum atomic E-state index is 0.541. The van der Waals surface area contributed by atoms with Crippen LogP contribution < -0.4 is 10.6 Å². The van der Waals surface area contributed by atoms with E-state index in [9.17, 15) is 0 Å². The van der Waals surface area contributed by atoms with Gasteiger partial charge in [-0.05, 0) is 46.5 Å². The Kier molecular flexibility index (Phi) is 3.85. The summed E-state index contributed by atoms with van der Waals surface area (Å²) >= 11 is 9.53. The van der Waals surface area contributed by atoms with E-state index in [4.69, 9.17) is 17.3 Å². The van der Waals surface area contributed by atoms with Gasteiger partial charge in [-0.15, -0.1) is 0 Å². The molecular formula is C15H15BrClN3. The summed E-state index contributed by atoms with van der Waals surface area (Å²) in [5.74, 6) is 0.931. The molecule has 5 heteroatoms. The topological polar surface area (TPSA) is 42.1 Å². The first-order valence-electron chi connectivity index (χ1n) is 6.56. The van der Waals surface area contributed by atoms with Crippen molar-refractivity contribution in [1.29, 1.82) is 0 Å². The Bertz CT molecular complexity index is 628. The monoisotopic (exact) mass is 351 g/mol. The van der Waals surface area contributed by atoms with Crippen molar-refractivity contribution in [3.05, 3.63) is 51.6 Å². The number of hydrogen-bond donors (Lipinski definition) is 1. The third-order valence-electron chi connectivity index (χ3n) is 3.44. The van der Waals surface area contributed by atoms with Gasteiger partial charge in [-0.3, -0.25) is 0 Å². The van der Waals surface area contributed by atoms with Crippen molar-refractivity contribution in [2.24, 2.45) is 0 Å². The zero-order chi connectivity index (χ0) is 14.1. The molecule has 0 saturated heterocycles. The Balaban J connectivity index is 1.92. The van der Waals surface area contributed by atoms with E-state index in [-0.39, 0.29) is 0 Å². The van der Waals surface area contributed by atoms with Gasteiger partial charge in [-0.25, -0.2) is 4.98 Å². The Labute approximate surface area is 131 Å². The van der Waals surface area contributed by atoms with Gasteiger partial charge in [0.25, 0.3) is 0 Å². The summed E-state index contributed by atoms with van der Waals surface area (Å²) in [4.78, 5) is 6.77. The summed E-state index contributed by atoms with van der Waals surface area (Å²) in [5, 5.41) is 0.635. The van der Waals surface area contributed by atoms with Gasteiger partial charge in [0.05, 0.1) is 9.50 Å². The fourth-order valence-corrected chi connectivity index (χ4v) is 3.11. The van der Waals surface area contributed by atoms with E-state index in [1.165, 1.54) is 12.8 Å². The highest BCUT2D eigenvalue weighted by Crippen LogP contribution is 2.36. The molecule has 0 aliphatic heterocycles. The van der Waals surface area contributed by atoms with Crippen LogP contribution in [-0.2, 0) is 6.54 Å². The molecule has 0 radical (unpaired) electrons. The van der Waals surface area contributed by atoms with Crippen LogP contribution in [0, 0.1) is 0 Å². The molecule has 0 unspecified atom stereocenters. The minimum Gasteiger partial charge on any atom is -0.398 e. The van der Waals surface area contributed by atoms with Crippen LogP contribution in [0.3, 0.4) is 0 Å². The number of pyridine rings is 1. The van der Waals surface area contributed by atoms with Gasteiger partial charge >= 0.3 is 0 Å². The minimum absolute atomic E-state index is 0.541. The van der Waals surface area contributed by atoms with Gasteiger partial charge in [0.1, 0.15) is 5.82 Å². The Morgan fingerprint density at radius 2 is 2.10 bits per heavy atom. The summed E-state index contributed by atoms with van der Waals surface area (Å²) in [6, 6.07) is 10.4. The van der Waals surface area contributed by atoms with Gasteiger partial charge in [-0.2, -0.15) is 0 Å². The molecule has 3 rings (SSSR count). The maximum Gasteiger partial charge on any atom is 0.143 e. The van der Waals surface area contributed by atoms with Crippen molar-refractivity contribution in [3.63, 3.8) is 0 Å². The van der Waals surface area contributed by atoms with Crippen LogP contribution in [0.4, 0.5) is 11.5 Å². The summed E-state index contributed by atoms with van der Waals surface area (Å²) in [6.07, 6.45) is 4.08. The van der Waals surface area contributed by atoms with Gasteiger partial charge in [-0.1, -0.05) is 29.8 Å². The molecule has 1 heterocycles. The average molecular weight is 353 g/mol. The SMILES string of the molecule is Nc1ccccc1CN(c1ncc(Cl)cc1Br)C1CC1. The molecule has 1 aliphatic carbocycles. The van der Waals surface area contributed by atoms with E-state index in [1.807, 2.05) is 24.3 Å². The molecule has 1 saturated carbocycles. The standard InChI is InChI=1S/C15H15BrClN3/c16-13-7-11(17)8-19-15(13)20(12-5-6-12)9-10-3-1-2-4-14(10)18/h1-4,7-8,12H,5-6,9,18H2. The van der Waals surface area contributed by atoms with Gasteiger partial charge in [0.2, 0.25) is 0 Å². The highest BCUT2D eigenvalue weighted by molar-refractivity contribution is 9.10. The smallest absolute Gasteiger partial charge is 0.143 e. The number of halogens is 2. The first-order valence-corrected chi connectivity index (χ1v) is 7.73. The summed E-state index contributed by atoms with van der Waals surface area (Å²) in [6.45, 7) is 0.768. The number of rotatable bonds is 4. The quantitative estimate of drug-likeness (QED) is 0.837. The lowest BCUT2D eigenvalue weighted by molar-refractivity contribution is 0.777. The summed E-state index contributed by atoms with van der Waals surface area (Å²) in [5.41, 5.74) is 8.00. The third-order valence-corrected chi connectivity index (χ3v) is 4.23. The zero-order valence-corrected chi connectivity index (χ0v) is 13.2. The van der Waals surface area contributed by atoms with E-state index in [0.717, 1.165) is 28.1 Å². The predicted molar refractivity (Wildman–Crippen MR) is 87.0 cm³/mol. The van der Waals surface area contributed by atoms with E-state index in [1.54, 1.807) is 6.20 Å². The van der Waals surface area contributed by atoms with Gasteiger partial charge in [0.15, 0.2) is 0 Å². The van der Waals surface area contributed by atoms with Crippen LogP contribution in [0.2, 0.25) is 5.02 Å². The Hall–Kier alpha value is -1.26. The van der Waals surface area contributed by atoms with E-state index >= 15 is 0 Å². The number of hydrogen-bond acceptors (Lipinski definition) is 3. The van der Waals surface area contributed by atoms with Crippen LogP contribution in [0.1, 0.15) is 18.4 Å². The van der Waals surface area contributed by atoms with Crippen LogP contribution >= 0.6 is 27.5 Å². The first kappa shape index (κ1) is 13.7. The maximum absolute atomic E-state index is 6.05. The Morgan fingerprint density at radius 3 is 2.75 bits per heavy atom. The number of nitrogen functional groups attached to an aromatic ring is 1. The highest BCUT2D eigenvalue weighted by Gasteiger charge is 2.31. The molecule has 1 aliphatic rings. The second kappa shape index (κ2) is 5.62. The van der Waals surface area contributed by atoms with Crippen LogP contribution in [0.5, 0.6) is 0 Å². The second-order valence-corrected chi connectivity index (χ2v) is 6.31. The largest absolute Gasteiger partial charge is 0.398 e. The van der Waals surface area contributed by atoms with Crippen molar-refractivity contribution >= 4 is 39.0 Å². The number of anilines is 2. The van der Waals surface area contributed by atoms with Crippen molar-refractivity contribution in [2.75, 3.05) is 10.6 Å². The molecule has 0 atom stereocenters. The number of para-hydroxylation sites is 1. The normalized spacial score (nSPS) is 14.3. The first-order chi connectivity index (χ1) is 9.65. The summed E-state index contributed by atoms with van der Waals surface area (Å²) < 4.78 is 0.923. The predicted octanol–water partition coefficient (Wildman–Crippen LogP) is 4.25. The van der Waals surface area contributed by atoms with Crippen molar-refractivity contribution in [3.8, 4) is 0 Å². The van der Waals surface area contributed by atoms with Crippen LogP contribution in [-0.4, -0.2) is 11.0 Å². The lowest BCUT2D eigenvalue weighted by Crippen LogP contribution is -2.26. The fraction of sp³-hybridized carbons (Fsp3) is 0.267. The molecule has 2 N–H and O–H groups in total. The lowest BCUT2D eigenvalue weighted by atomic mass is 10.1. The van der Waals surface area contributed by atoms with E-state index < -0.39 is 0 Å². The van der Waals surface area contributed by atoms with Crippen molar-refractivity contribution < 1.29 is 0 Å². The number of nitrogens with zero attached hydrogens (tertiary/aromatic N) is 2. The molecule has 1 aromatic heterocycles. The molecule has 2 aromatic rings. The number of aromatic nitrogens is 1. The Morgan fingerprint density at radius 1 is 1.35 bits per heavy atom. The molecule has 1 fully saturated rings. The molecule has 0 spiro atoms. The highest BCUT2D eigenvalue weighted by atomic mass is 79.9. The second-order valence-electron chi connectivity index (χ2n) is 5.02. The average Bonchev–Trinajstić information content (AvgIpc) is 3.23. The number of benzene rings is 1. The molecular weight excluding hydrogens is 338 g/mol. The zero-order valence-electron chi connectivity index (χ0n) is 10.9. The molecule has 1 aromatic carbocycles. The molecule has 104 valence electrons. The van der Waals surface area contributed by atoms with Gasteiger partial charge < -0.3 is 10.6 Å². The van der Waals surface area contributed by atoms with E-state index in [2.05, 4.69) is 31.9 Å². The maximum atomic E-state index is 6.05. The molecule has 20 heavy (non-hydrogen) atoms. The van der Waals surface area contributed by atoms with Crippen molar-refractivity contribution in [2.45, 2.75) is 25.4 Å². The van der Waals surface area contributed by atoms with Crippen LogP contribution in [0.25, 0.3) is 0 Å².